The van der Waals surface area contributed by atoms with Crippen molar-refractivity contribution in [1.29, 1.82) is 0 Å². The summed E-state index contributed by atoms with van der Waals surface area (Å²) in [7, 11) is 0. The maximum Gasteiger partial charge on any atom is 0.119 e. The Kier molecular flexibility index (Phi) is 6.89. The Hall–Kier alpha value is -1.19. The van der Waals surface area contributed by atoms with Crippen LogP contribution in [0.1, 0.15) is 24.0 Å². The van der Waals surface area contributed by atoms with E-state index in [-0.39, 0.29) is 12.4 Å². The predicted molar refractivity (Wildman–Crippen MR) is 85.1 cm³/mol. The van der Waals surface area contributed by atoms with Crippen LogP contribution in [0.15, 0.2) is 30.9 Å². The standard InChI is InChI=1S/C15H19ClN2O.ClH/c1-12-9-14(10-13(2)15(12)16)19-8-4-3-6-18-7-5-17-11-18;/h5,7,9-11H,3-4,6,8H2,1-2H3;1H. The molecule has 5 heteroatoms. The van der Waals surface area contributed by atoms with Gasteiger partial charge in [-0.15, -0.1) is 12.4 Å². The second-order valence-electron chi connectivity index (χ2n) is 4.73. The second kappa shape index (κ2) is 8.18. The first-order valence-electron chi connectivity index (χ1n) is 6.52. The van der Waals surface area contributed by atoms with Crippen LogP contribution in [0.2, 0.25) is 5.02 Å². The first-order valence-corrected chi connectivity index (χ1v) is 6.90. The summed E-state index contributed by atoms with van der Waals surface area (Å²) in [5.41, 5.74) is 2.13. The highest BCUT2D eigenvalue weighted by Gasteiger charge is 2.03. The molecule has 0 N–H and O–H groups in total. The number of unbranched alkanes of at least 4 members (excludes halogenated alkanes) is 1. The molecule has 0 aliphatic rings. The fourth-order valence-corrected chi connectivity index (χ4v) is 2.10. The Balaban J connectivity index is 0.00000200. The zero-order valence-electron chi connectivity index (χ0n) is 11.8. The fraction of sp³-hybridized carbons (Fsp3) is 0.400. The number of halogens is 2. The van der Waals surface area contributed by atoms with E-state index in [1.165, 1.54) is 0 Å². The van der Waals surface area contributed by atoms with E-state index in [1.54, 1.807) is 6.20 Å². The molecule has 0 bridgehead atoms. The van der Waals surface area contributed by atoms with Crippen LogP contribution >= 0.6 is 24.0 Å². The number of aromatic nitrogens is 2. The molecule has 0 saturated carbocycles. The molecular formula is C15H20Cl2N2O. The normalized spacial score (nSPS) is 10.2. The topological polar surface area (TPSA) is 27.1 Å². The maximum absolute atomic E-state index is 6.13. The molecule has 0 radical (unpaired) electrons. The predicted octanol–water partition coefficient (Wildman–Crippen LogP) is 4.43. The van der Waals surface area contributed by atoms with Gasteiger partial charge in [0.25, 0.3) is 0 Å². The molecular weight excluding hydrogens is 295 g/mol. The smallest absolute Gasteiger partial charge is 0.119 e. The van der Waals surface area contributed by atoms with Crippen LogP contribution in [-0.4, -0.2) is 16.2 Å². The average Bonchev–Trinajstić information content (AvgIpc) is 2.88. The van der Waals surface area contributed by atoms with Crippen LogP contribution in [0.4, 0.5) is 0 Å². The van der Waals surface area contributed by atoms with Crippen LogP contribution in [-0.2, 0) is 6.54 Å². The Morgan fingerprint density at radius 3 is 2.50 bits per heavy atom. The van der Waals surface area contributed by atoms with Crippen LogP contribution in [0.25, 0.3) is 0 Å². The largest absolute Gasteiger partial charge is 0.494 e. The number of ether oxygens (including phenoxy) is 1. The minimum absolute atomic E-state index is 0. The lowest BCUT2D eigenvalue weighted by atomic mass is 10.1. The van der Waals surface area contributed by atoms with Crippen LogP contribution in [0.3, 0.4) is 0 Å². The Morgan fingerprint density at radius 1 is 1.20 bits per heavy atom. The Labute approximate surface area is 131 Å². The molecule has 0 aliphatic heterocycles. The molecule has 2 rings (SSSR count). The zero-order chi connectivity index (χ0) is 13.7. The zero-order valence-corrected chi connectivity index (χ0v) is 13.4. The summed E-state index contributed by atoms with van der Waals surface area (Å²) in [6.07, 6.45) is 7.73. The molecule has 20 heavy (non-hydrogen) atoms. The van der Waals surface area contributed by atoms with Crippen LogP contribution < -0.4 is 4.74 Å². The molecule has 0 saturated heterocycles. The van der Waals surface area contributed by atoms with Gasteiger partial charge in [0.2, 0.25) is 0 Å². The first kappa shape index (κ1) is 16.9. The lowest BCUT2D eigenvalue weighted by Crippen LogP contribution is -2.01. The van der Waals surface area contributed by atoms with E-state index in [4.69, 9.17) is 16.3 Å². The van der Waals surface area contributed by atoms with E-state index in [0.717, 1.165) is 47.9 Å². The second-order valence-corrected chi connectivity index (χ2v) is 5.11. The minimum atomic E-state index is 0. The minimum Gasteiger partial charge on any atom is -0.494 e. The number of imidazole rings is 1. The molecule has 2 aromatic rings. The van der Waals surface area contributed by atoms with Gasteiger partial charge < -0.3 is 9.30 Å². The highest BCUT2D eigenvalue weighted by Crippen LogP contribution is 2.25. The average molecular weight is 315 g/mol. The van der Waals surface area contributed by atoms with Crippen molar-refractivity contribution in [2.45, 2.75) is 33.2 Å². The van der Waals surface area contributed by atoms with Gasteiger partial charge in [-0.1, -0.05) is 11.6 Å². The summed E-state index contributed by atoms with van der Waals surface area (Å²) in [5, 5.41) is 0.826. The third-order valence-corrected chi connectivity index (χ3v) is 3.64. The molecule has 3 nitrogen and oxygen atoms in total. The summed E-state index contributed by atoms with van der Waals surface area (Å²) in [4.78, 5) is 4.02. The molecule has 0 fully saturated rings. The van der Waals surface area contributed by atoms with Gasteiger partial charge in [-0.3, -0.25) is 0 Å². The van der Waals surface area contributed by atoms with Gasteiger partial charge in [-0.25, -0.2) is 4.98 Å². The quantitative estimate of drug-likeness (QED) is 0.737. The maximum atomic E-state index is 6.13. The van der Waals surface area contributed by atoms with E-state index in [2.05, 4.69) is 9.55 Å². The van der Waals surface area contributed by atoms with Gasteiger partial charge in [-0.2, -0.15) is 0 Å². The van der Waals surface area contributed by atoms with Crippen molar-refractivity contribution in [1.82, 2.24) is 9.55 Å². The third-order valence-electron chi connectivity index (χ3n) is 3.05. The van der Waals surface area contributed by atoms with Gasteiger partial charge in [0.05, 0.1) is 12.9 Å². The van der Waals surface area contributed by atoms with Gasteiger partial charge in [0.1, 0.15) is 5.75 Å². The van der Waals surface area contributed by atoms with E-state index in [0.29, 0.717) is 0 Å². The SMILES string of the molecule is Cc1cc(OCCCCn2ccnc2)cc(C)c1Cl.Cl. The Morgan fingerprint density at radius 2 is 1.90 bits per heavy atom. The molecule has 0 amide bonds. The van der Waals surface area contributed by atoms with Gasteiger partial charge >= 0.3 is 0 Å². The van der Waals surface area contributed by atoms with E-state index in [1.807, 2.05) is 38.5 Å². The summed E-state index contributed by atoms with van der Waals surface area (Å²) in [6.45, 7) is 5.72. The highest BCUT2D eigenvalue weighted by atomic mass is 35.5. The molecule has 0 aliphatic carbocycles. The number of nitrogens with zero attached hydrogens (tertiary/aromatic N) is 2. The van der Waals surface area contributed by atoms with Gasteiger partial charge in [0.15, 0.2) is 0 Å². The number of hydrogen-bond acceptors (Lipinski definition) is 2. The molecule has 0 atom stereocenters. The lowest BCUT2D eigenvalue weighted by molar-refractivity contribution is 0.303. The Bertz CT molecular complexity index is 504. The van der Waals surface area contributed by atoms with E-state index >= 15 is 0 Å². The summed E-state index contributed by atoms with van der Waals surface area (Å²) < 4.78 is 7.84. The molecule has 1 heterocycles. The molecule has 0 unspecified atom stereocenters. The van der Waals surface area contributed by atoms with Gasteiger partial charge in [-0.05, 0) is 49.9 Å². The van der Waals surface area contributed by atoms with Crippen molar-refractivity contribution in [3.8, 4) is 5.75 Å². The monoisotopic (exact) mass is 314 g/mol. The van der Waals surface area contributed by atoms with Crippen molar-refractivity contribution in [2.75, 3.05) is 6.61 Å². The first-order chi connectivity index (χ1) is 9.16. The van der Waals surface area contributed by atoms with Gasteiger partial charge in [0, 0.05) is 24.0 Å². The number of aryl methyl sites for hydroxylation is 3. The molecule has 1 aromatic heterocycles. The van der Waals surface area contributed by atoms with Crippen molar-refractivity contribution < 1.29 is 4.74 Å². The third kappa shape index (κ3) is 4.73. The molecule has 0 spiro atoms. The van der Waals surface area contributed by atoms with Crippen molar-refractivity contribution in [2.24, 2.45) is 0 Å². The molecule has 1 aromatic carbocycles. The van der Waals surface area contributed by atoms with E-state index in [9.17, 15) is 0 Å². The summed E-state index contributed by atoms with van der Waals surface area (Å²) in [5.74, 6) is 0.905. The van der Waals surface area contributed by atoms with Crippen molar-refractivity contribution >= 4 is 24.0 Å². The van der Waals surface area contributed by atoms with Crippen LogP contribution in [0.5, 0.6) is 5.75 Å². The fourth-order valence-electron chi connectivity index (χ4n) is 1.99. The van der Waals surface area contributed by atoms with Crippen LogP contribution in [0, 0.1) is 13.8 Å². The number of benzene rings is 1. The van der Waals surface area contributed by atoms with Crippen molar-refractivity contribution in [3.63, 3.8) is 0 Å². The summed E-state index contributed by atoms with van der Waals surface area (Å²) >= 11 is 6.13. The number of rotatable bonds is 6. The lowest BCUT2D eigenvalue weighted by Gasteiger charge is -2.10. The number of hydrogen-bond donors (Lipinski definition) is 0. The summed E-state index contributed by atoms with van der Waals surface area (Å²) in [6, 6.07) is 3.98. The van der Waals surface area contributed by atoms with E-state index < -0.39 is 0 Å². The highest BCUT2D eigenvalue weighted by molar-refractivity contribution is 6.32. The van der Waals surface area contributed by atoms with Crippen molar-refractivity contribution in [3.05, 3.63) is 47.0 Å². The molecule has 110 valence electrons.